The quantitative estimate of drug-likeness (QED) is 0.758. The van der Waals surface area contributed by atoms with Gasteiger partial charge in [-0.2, -0.15) is 5.26 Å². The summed E-state index contributed by atoms with van der Waals surface area (Å²) in [4.78, 5) is 24.0. The van der Waals surface area contributed by atoms with Gasteiger partial charge in [0.05, 0.1) is 11.5 Å². The van der Waals surface area contributed by atoms with Gasteiger partial charge in [-0.25, -0.2) is 0 Å². The molecule has 1 unspecified atom stereocenters. The minimum atomic E-state index is -1.31. The van der Waals surface area contributed by atoms with E-state index in [9.17, 15) is 14.9 Å². The van der Waals surface area contributed by atoms with Gasteiger partial charge in [-0.1, -0.05) is 13.8 Å². The number of nitriles is 1. The standard InChI is InChI=1S/C15H26N2O3/c1-7-17-12(18)15(9-16,8-11(2)3)10-20-13(19)14(4,5)6/h11H,7-8,10H2,1-6H3,(H,17,18). The lowest BCUT2D eigenvalue weighted by atomic mass is 9.81. The normalized spacial score (nSPS) is 14.3. The average molecular weight is 282 g/mol. The van der Waals surface area contributed by atoms with E-state index in [1.807, 2.05) is 19.9 Å². The Morgan fingerprint density at radius 3 is 2.20 bits per heavy atom. The maximum atomic E-state index is 12.2. The van der Waals surface area contributed by atoms with Crippen molar-refractivity contribution in [2.45, 2.75) is 48.0 Å². The highest BCUT2D eigenvalue weighted by Crippen LogP contribution is 2.28. The molecule has 1 amide bonds. The molecule has 114 valence electrons. The molecule has 20 heavy (non-hydrogen) atoms. The number of carbonyl (C=O) groups excluding carboxylic acids is 2. The van der Waals surface area contributed by atoms with Crippen molar-refractivity contribution in [1.29, 1.82) is 5.26 Å². The van der Waals surface area contributed by atoms with E-state index in [4.69, 9.17) is 4.74 Å². The van der Waals surface area contributed by atoms with Gasteiger partial charge in [0, 0.05) is 6.54 Å². The second kappa shape index (κ2) is 7.28. The van der Waals surface area contributed by atoms with Crippen LogP contribution in [0.15, 0.2) is 0 Å². The number of nitrogens with zero attached hydrogens (tertiary/aromatic N) is 1. The molecular formula is C15H26N2O3. The number of hydrogen-bond acceptors (Lipinski definition) is 4. The van der Waals surface area contributed by atoms with Crippen LogP contribution in [0.3, 0.4) is 0 Å². The number of esters is 1. The van der Waals surface area contributed by atoms with Crippen LogP contribution in [-0.2, 0) is 14.3 Å². The molecule has 0 aromatic carbocycles. The number of hydrogen-bond donors (Lipinski definition) is 1. The number of amides is 1. The smallest absolute Gasteiger partial charge is 0.311 e. The molecule has 0 heterocycles. The number of rotatable bonds is 6. The molecule has 1 atom stereocenters. The van der Waals surface area contributed by atoms with Crippen molar-refractivity contribution in [3.05, 3.63) is 0 Å². The van der Waals surface area contributed by atoms with E-state index in [1.165, 1.54) is 0 Å². The molecule has 0 aliphatic carbocycles. The molecule has 0 bridgehead atoms. The molecule has 0 aliphatic rings. The zero-order valence-corrected chi connectivity index (χ0v) is 13.4. The third kappa shape index (κ3) is 5.20. The Kier molecular flexibility index (Phi) is 6.70. The van der Waals surface area contributed by atoms with E-state index in [-0.39, 0.29) is 18.4 Å². The first kappa shape index (κ1) is 18.4. The molecule has 1 N–H and O–H groups in total. The minimum Gasteiger partial charge on any atom is -0.463 e. The third-order valence-corrected chi connectivity index (χ3v) is 2.80. The van der Waals surface area contributed by atoms with E-state index >= 15 is 0 Å². The Morgan fingerprint density at radius 2 is 1.85 bits per heavy atom. The van der Waals surface area contributed by atoms with E-state index in [2.05, 4.69) is 5.32 Å². The second-order valence-electron chi connectivity index (χ2n) is 6.48. The summed E-state index contributed by atoms with van der Waals surface area (Å²) in [6, 6.07) is 2.05. The van der Waals surface area contributed by atoms with Crippen LogP contribution in [0.5, 0.6) is 0 Å². The van der Waals surface area contributed by atoms with Crippen molar-refractivity contribution in [3.63, 3.8) is 0 Å². The maximum Gasteiger partial charge on any atom is 0.311 e. The van der Waals surface area contributed by atoms with Crippen molar-refractivity contribution in [2.75, 3.05) is 13.2 Å². The summed E-state index contributed by atoms with van der Waals surface area (Å²) >= 11 is 0. The van der Waals surface area contributed by atoms with Gasteiger partial charge in [-0.05, 0) is 40.0 Å². The zero-order chi connectivity index (χ0) is 16.0. The predicted molar refractivity (Wildman–Crippen MR) is 76.6 cm³/mol. The molecule has 0 radical (unpaired) electrons. The molecule has 5 heteroatoms. The Bertz CT molecular complexity index is 391. The Hall–Kier alpha value is -1.57. The Morgan fingerprint density at radius 1 is 1.30 bits per heavy atom. The van der Waals surface area contributed by atoms with Crippen LogP contribution in [0, 0.1) is 28.1 Å². The SMILES string of the molecule is CCNC(=O)C(C#N)(COC(=O)C(C)(C)C)CC(C)C. The monoisotopic (exact) mass is 282 g/mol. The van der Waals surface area contributed by atoms with E-state index in [0.717, 1.165) is 0 Å². The maximum absolute atomic E-state index is 12.2. The average Bonchev–Trinajstić information content (AvgIpc) is 2.32. The lowest BCUT2D eigenvalue weighted by molar-refractivity contribution is -0.157. The summed E-state index contributed by atoms with van der Waals surface area (Å²) in [5, 5.41) is 12.1. The fourth-order valence-electron chi connectivity index (χ4n) is 1.78. The lowest BCUT2D eigenvalue weighted by Gasteiger charge is -2.28. The third-order valence-electron chi connectivity index (χ3n) is 2.80. The van der Waals surface area contributed by atoms with Crippen LogP contribution in [0.4, 0.5) is 0 Å². The molecule has 0 saturated carbocycles. The molecule has 0 aromatic rings. The fourth-order valence-corrected chi connectivity index (χ4v) is 1.78. The first-order valence-electron chi connectivity index (χ1n) is 6.96. The van der Waals surface area contributed by atoms with Gasteiger partial charge < -0.3 is 10.1 Å². The van der Waals surface area contributed by atoms with Crippen LogP contribution in [-0.4, -0.2) is 25.0 Å². The molecule has 0 aliphatic heterocycles. The molecule has 0 rings (SSSR count). The molecule has 0 fully saturated rings. The molecule has 0 saturated heterocycles. The summed E-state index contributed by atoms with van der Waals surface area (Å²) in [5.41, 5.74) is -1.97. The zero-order valence-electron chi connectivity index (χ0n) is 13.4. The van der Waals surface area contributed by atoms with Crippen LogP contribution < -0.4 is 5.32 Å². The van der Waals surface area contributed by atoms with Crippen LogP contribution in [0.1, 0.15) is 48.0 Å². The number of ether oxygens (including phenoxy) is 1. The highest BCUT2D eigenvalue weighted by atomic mass is 16.5. The summed E-state index contributed by atoms with van der Waals surface area (Å²) in [5.74, 6) is -0.645. The van der Waals surface area contributed by atoms with Crippen LogP contribution >= 0.6 is 0 Å². The van der Waals surface area contributed by atoms with E-state index in [0.29, 0.717) is 13.0 Å². The van der Waals surface area contributed by atoms with Crippen molar-refractivity contribution in [1.82, 2.24) is 5.32 Å². The van der Waals surface area contributed by atoms with E-state index < -0.39 is 16.8 Å². The van der Waals surface area contributed by atoms with Crippen molar-refractivity contribution >= 4 is 11.9 Å². The molecule has 0 spiro atoms. The van der Waals surface area contributed by atoms with Gasteiger partial charge in [0.25, 0.3) is 0 Å². The van der Waals surface area contributed by atoms with Gasteiger partial charge in [-0.15, -0.1) is 0 Å². The Labute approximate surface area is 121 Å². The molecular weight excluding hydrogens is 256 g/mol. The second-order valence-corrected chi connectivity index (χ2v) is 6.48. The number of carbonyl (C=O) groups is 2. The van der Waals surface area contributed by atoms with Gasteiger partial charge in [0.2, 0.25) is 5.91 Å². The van der Waals surface area contributed by atoms with Crippen LogP contribution in [0.25, 0.3) is 0 Å². The lowest BCUT2D eigenvalue weighted by Crippen LogP contribution is -2.45. The van der Waals surface area contributed by atoms with Crippen molar-refractivity contribution in [3.8, 4) is 6.07 Å². The summed E-state index contributed by atoms with van der Waals surface area (Å²) in [7, 11) is 0. The first-order chi connectivity index (χ1) is 9.09. The largest absolute Gasteiger partial charge is 0.463 e. The highest BCUT2D eigenvalue weighted by Gasteiger charge is 2.41. The van der Waals surface area contributed by atoms with Gasteiger partial charge in [0.1, 0.15) is 6.61 Å². The van der Waals surface area contributed by atoms with Gasteiger partial charge >= 0.3 is 5.97 Å². The Balaban J connectivity index is 5.09. The van der Waals surface area contributed by atoms with E-state index in [1.54, 1.807) is 27.7 Å². The minimum absolute atomic E-state index is 0.144. The molecule has 0 aromatic heterocycles. The summed E-state index contributed by atoms with van der Waals surface area (Å²) in [6.45, 7) is 11.1. The van der Waals surface area contributed by atoms with Crippen molar-refractivity contribution < 1.29 is 14.3 Å². The van der Waals surface area contributed by atoms with Gasteiger partial charge in [0.15, 0.2) is 5.41 Å². The van der Waals surface area contributed by atoms with Crippen molar-refractivity contribution in [2.24, 2.45) is 16.7 Å². The predicted octanol–water partition coefficient (Wildman–Crippen LogP) is 2.27. The topological polar surface area (TPSA) is 79.2 Å². The summed E-state index contributed by atoms with van der Waals surface area (Å²) in [6.07, 6.45) is 0.354. The number of nitrogens with one attached hydrogen (secondary N) is 1. The highest BCUT2D eigenvalue weighted by molar-refractivity contribution is 5.86. The first-order valence-corrected chi connectivity index (χ1v) is 6.96. The fraction of sp³-hybridized carbons (Fsp3) is 0.800. The van der Waals surface area contributed by atoms with Crippen LogP contribution in [0.2, 0.25) is 0 Å². The van der Waals surface area contributed by atoms with Gasteiger partial charge in [-0.3, -0.25) is 9.59 Å². The molecule has 5 nitrogen and oxygen atoms in total. The summed E-state index contributed by atoms with van der Waals surface area (Å²) < 4.78 is 5.21.